The summed E-state index contributed by atoms with van der Waals surface area (Å²) >= 11 is 1.62. The maximum absolute atomic E-state index is 11.8. The standard InChI is InChI=1S/C10H18N2O4S/c1-6(17-2)4-11-10(16)12-5-7(13)3-8(12)9(14)15/h6-8,13H,3-5H2,1-2H3,(H,11,16)(H,14,15). The Bertz CT molecular complexity index is 300. The number of rotatable bonds is 4. The topological polar surface area (TPSA) is 89.9 Å². The number of carboxylic acid groups (broad SMARTS) is 1. The van der Waals surface area contributed by atoms with E-state index >= 15 is 0 Å². The van der Waals surface area contributed by atoms with Crippen LogP contribution in [0.4, 0.5) is 4.79 Å². The zero-order valence-electron chi connectivity index (χ0n) is 9.92. The molecule has 1 fully saturated rings. The normalized spacial score (nSPS) is 25.7. The van der Waals surface area contributed by atoms with Crippen LogP contribution in [-0.2, 0) is 4.79 Å². The summed E-state index contributed by atoms with van der Waals surface area (Å²) in [6.07, 6.45) is 1.29. The zero-order valence-corrected chi connectivity index (χ0v) is 10.7. The number of amides is 2. The van der Waals surface area contributed by atoms with Crippen molar-refractivity contribution in [2.75, 3.05) is 19.3 Å². The second-order valence-corrected chi connectivity index (χ2v) is 5.40. The Kier molecular flexibility index (Phi) is 5.07. The summed E-state index contributed by atoms with van der Waals surface area (Å²) in [5.74, 6) is -1.07. The van der Waals surface area contributed by atoms with Crippen LogP contribution < -0.4 is 5.32 Å². The number of carbonyl (C=O) groups excluding carboxylic acids is 1. The highest BCUT2D eigenvalue weighted by Crippen LogP contribution is 2.18. The molecule has 7 heteroatoms. The molecule has 1 saturated heterocycles. The number of β-amino-alcohol motifs (C(OH)–C–C–N with tert-alkyl or cyclic N) is 1. The van der Waals surface area contributed by atoms with E-state index in [1.807, 2.05) is 13.2 Å². The van der Waals surface area contributed by atoms with Crippen LogP contribution in [0.15, 0.2) is 0 Å². The highest BCUT2D eigenvalue weighted by atomic mass is 32.2. The fourth-order valence-electron chi connectivity index (χ4n) is 1.69. The first-order valence-electron chi connectivity index (χ1n) is 5.43. The van der Waals surface area contributed by atoms with E-state index in [2.05, 4.69) is 5.32 Å². The Morgan fingerprint density at radius 1 is 1.59 bits per heavy atom. The van der Waals surface area contributed by atoms with E-state index in [1.54, 1.807) is 11.8 Å². The van der Waals surface area contributed by atoms with Gasteiger partial charge in [-0.1, -0.05) is 6.92 Å². The predicted octanol–water partition coefficient (Wildman–Crippen LogP) is -0.0327. The monoisotopic (exact) mass is 262 g/mol. The Hall–Kier alpha value is -0.950. The lowest BCUT2D eigenvalue weighted by atomic mass is 10.2. The molecule has 2 amide bonds. The molecule has 1 rings (SSSR count). The van der Waals surface area contributed by atoms with Crippen molar-refractivity contribution in [3.05, 3.63) is 0 Å². The van der Waals surface area contributed by atoms with Crippen LogP contribution in [0.1, 0.15) is 13.3 Å². The van der Waals surface area contributed by atoms with Crippen LogP contribution in [0, 0.1) is 0 Å². The fraction of sp³-hybridized carbons (Fsp3) is 0.800. The lowest BCUT2D eigenvalue weighted by Gasteiger charge is -2.22. The van der Waals surface area contributed by atoms with Crippen molar-refractivity contribution < 1.29 is 19.8 Å². The molecule has 0 radical (unpaired) electrons. The van der Waals surface area contributed by atoms with Gasteiger partial charge >= 0.3 is 12.0 Å². The van der Waals surface area contributed by atoms with Gasteiger partial charge in [0.15, 0.2) is 0 Å². The first-order valence-corrected chi connectivity index (χ1v) is 6.72. The molecule has 3 unspecified atom stereocenters. The van der Waals surface area contributed by atoms with Crippen molar-refractivity contribution in [3.63, 3.8) is 0 Å². The third-order valence-corrected chi connectivity index (χ3v) is 3.74. The van der Waals surface area contributed by atoms with Gasteiger partial charge < -0.3 is 20.4 Å². The SMILES string of the molecule is CSC(C)CNC(=O)N1CC(O)CC1C(=O)O. The molecule has 98 valence electrons. The number of aliphatic hydroxyl groups is 1. The molecule has 17 heavy (non-hydrogen) atoms. The van der Waals surface area contributed by atoms with Crippen LogP contribution in [-0.4, -0.2) is 63.9 Å². The van der Waals surface area contributed by atoms with E-state index < -0.39 is 24.1 Å². The minimum Gasteiger partial charge on any atom is -0.480 e. The Labute approximate surface area is 104 Å². The van der Waals surface area contributed by atoms with E-state index in [9.17, 15) is 14.7 Å². The van der Waals surface area contributed by atoms with Gasteiger partial charge in [0.05, 0.1) is 6.10 Å². The van der Waals surface area contributed by atoms with E-state index in [0.29, 0.717) is 6.54 Å². The number of aliphatic hydroxyl groups excluding tert-OH is 1. The second-order valence-electron chi connectivity index (χ2n) is 4.13. The molecule has 3 atom stereocenters. The number of carboxylic acids is 1. The molecule has 0 aromatic rings. The van der Waals surface area contributed by atoms with Crippen molar-refractivity contribution in [1.82, 2.24) is 10.2 Å². The molecule has 1 heterocycles. The van der Waals surface area contributed by atoms with Crippen LogP contribution in [0.3, 0.4) is 0 Å². The summed E-state index contributed by atoms with van der Waals surface area (Å²) in [6, 6.07) is -1.34. The van der Waals surface area contributed by atoms with Crippen LogP contribution in [0.25, 0.3) is 0 Å². The number of likely N-dealkylation sites (tertiary alicyclic amines) is 1. The highest BCUT2D eigenvalue weighted by molar-refractivity contribution is 7.99. The van der Waals surface area contributed by atoms with E-state index in [4.69, 9.17) is 5.11 Å². The van der Waals surface area contributed by atoms with Crippen molar-refractivity contribution in [2.45, 2.75) is 30.7 Å². The molecular weight excluding hydrogens is 244 g/mol. The number of carbonyl (C=O) groups is 2. The predicted molar refractivity (Wildman–Crippen MR) is 65.1 cm³/mol. The molecule has 1 aliphatic heterocycles. The minimum absolute atomic E-state index is 0.0798. The Balaban J connectivity index is 2.52. The molecule has 6 nitrogen and oxygen atoms in total. The highest BCUT2D eigenvalue weighted by Gasteiger charge is 2.38. The fourth-order valence-corrected chi connectivity index (χ4v) is 1.94. The number of nitrogens with one attached hydrogen (secondary N) is 1. The summed E-state index contributed by atoms with van der Waals surface area (Å²) in [6.45, 7) is 2.54. The van der Waals surface area contributed by atoms with Crippen LogP contribution in [0.2, 0.25) is 0 Å². The maximum Gasteiger partial charge on any atom is 0.326 e. The molecule has 0 spiro atoms. The quantitative estimate of drug-likeness (QED) is 0.662. The zero-order chi connectivity index (χ0) is 13.0. The average Bonchev–Trinajstić information content (AvgIpc) is 2.67. The van der Waals surface area contributed by atoms with Gasteiger partial charge in [0.2, 0.25) is 0 Å². The Morgan fingerprint density at radius 2 is 2.24 bits per heavy atom. The van der Waals surface area contributed by atoms with Crippen LogP contribution >= 0.6 is 11.8 Å². The van der Waals surface area contributed by atoms with E-state index in [1.165, 1.54) is 4.90 Å². The first-order chi connectivity index (χ1) is 7.95. The van der Waals surface area contributed by atoms with Crippen molar-refractivity contribution in [1.29, 1.82) is 0 Å². The summed E-state index contributed by atoms with van der Waals surface area (Å²) < 4.78 is 0. The smallest absolute Gasteiger partial charge is 0.326 e. The third kappa shape index (κ3) is 3.78. The minimum atomic E-state index is -1.07. The number of urea groups is 1. The van der Waals surface area contributed by atoms with Crippen molar-refractivity contribution in [3.8, 4) is 0 Å². The van der Waals surface area contributed by atoms with Gasteiger partial charge in [0.1, 0.15) is 6.04 Å². The van der Waals surface area contributed by atoms with Crippen LogP contribution in [0.5, 0.6) is 0 Å². The van der Waals surface area contributed by atoms with Gasteiger partial charge in [-0.05, 0) is 6.26 Å². The average molecular weight is 262 g/mol. The molecule has 0 aromatic carbocycles. The van der Waals surface area contributed by atoms with E-state index in [-0.39, 0.29) is 18.2 Å². The largest absolute Gasteiger partial charge is 0.480 e. The lowest BCUT2D eigenvalue weighted by Crippen LogP contribution is -2.47. The van der Waals surface area contributed by atoms with Gasteiger partial charge in [-0.2, -0.15) is 11.8 Å². The number of nitrogens with zero attached hydrogens (tertiary/aromatic N) is 1. The number of thioether (sulfide) groups is 1. The number of aliphatic carboxylic acids is 1. The first kappa shape index (κ1) is 14.1. The van der Waals surface area contributed by atoms with Crippen molar-refractivity contribution >= 4 is 23.8 Å². The van der Waals surface area contributed by atoms with Gasteiger partial charge in [0, 0.05) is 24.8 Å². The molecule has 0 saturated carbocycles. The summed E-state index contributed by atoms with van der Waals surface area (Å²) in [7, 11) is 0. The molecule has 0 aliphatic carbocycles. The van der Waals surface area contributed by atoms with Gasteiger partial charge in [-0.15, -0.1) is 0 Å². The van der Waals surface area contributed by atoms with Crippen molar-refractivity contribution in [2.24, 2.45) is 0 Å². The summed E-state index contributed by atoms with van der Waals surface area (Å²) in [5.41, 5.74) is 0. The van der Waals surface area contributed by atoms with E-state index in [0.717, 1.165) is 0 Å². The number of hydrogen-bond acceptors (Lipinski definition) is 4. The molecule has 3 N–H and O–H groups in total. The maximum atomic E-state index is 11.8. The van der Waals surface area contributed by atoms with Gasteiger partial charge in [-0.25, -0.2) is 9.59 Å². The van der Waals surface area contributed by atoms with Gasteiger partial charge in [0.25, 0.3) is 0 Å². The third-order valence-electron chi connectivity index (χ3n) is 2.77. The summed E-state index contributed by atoms with van der Waals surface area (Å²) in [5, 5.41) is 21.3. The molecule has 0 aromatic heterocycles. The summed E-state index contributed by atoms with van der Waals surface area (Å²) in [4.78, 5) is 23.9. The Morgan fingerprint density at radius 3 is 2.76 bits per heavy atom. The lowest BCUT2D eigenvalue weighted by molar-refractivity contribution is -0.141. The number of hydrogen-bond donors (Lipinski definition) is 3. The molecule has 0 bridgehead atoms. The molecule has 1 aliphatic rings. The second kappa shape index (κ2) is 6.11. The molecular formula is C10H18N2O4S. The van der Waals surface area contributed by atoms with Gasteiger partial charge in [-0.3, -0.25) is 0 Å².